The normalized spacial score (nSPS) is 11.3. The lowest BCUT2D eigenvalue weighted by Gasteiger charge is -2.15. The highest BCUT2D eigenvalue weighted by Crippen LogP contribution is 2.35. The number of nitrogens with zero attached hydrogens (tertiary/aromatic N) is 2. The van der Waals surface area contributed by atoms with Gasteiger partial charge in [0, 0.05) is 36.0 Å². The zero-order valence-electron chi connectivity index (χ0n) is 15.6. The molecule has 7 nitrogen and oxygen atoms in total. The van der Waals surface area contributed by atoms with Gasteiger partial charge in [0.25, 0.3) is 0 Å². The van der Waals surface area contributed by atoms with Crippen LogP contribution in [0, 0.1) is 17.1 Å². The fourth-order valence-corrected chi connectivity index (χ4v) is 3.66. The van der Waals surface area contributed by atoms with Crippen molar-refractivity contribution in [2.24, 2.45) is 0 Å². The van der Waals surface area contributed by atoms with E-state index in [4.69, 9.17) is 23.2 Å². The number of benzene rings is 2. The summed E-state index contributed by atoms with van der Waals surface area (Å²) in [4.78, 5) is 4.26. The summed E-state index contributed by atoms with van der Waals surface area (Å²) in [6, 6.07) is 9.58. The molecule has 3 aromatic rings. The molecule has 0 atom stereocenters. The molecule has 0 aliphatic heterocycles. The molecule has 11 heteroatoms. The minimum Gasteiger partial charge on any atom is -0.384 e. The largest absolute Gasteiger partial charge is 0.384 e. The Morgan fingerprint density at radius 2 is 1.87 bits per heavy atom. The van der Waals surface area contributed by atoms with Crippen LogP contribution in [0.2, 0.25) is 10.0 Å². The van der Waals surface area contributed by atoms with Crippen molar-refractivity contribution in [1.82, 2.24) is 9.71 Å². The highest BCUT2D eigenvalue weighted by atomic mass is 35.5. The van der Waals surface area contributed by atoms with Gasteiger partial charge in [-0.1, -0.05) is 23.2 Å². The lowest BCUT2D eigenvalue weighted by atomic mass is 10.1. The molecular weight excluding hydrogens is 452 g/mol. The Kier molecular flexibility index (Phi) is 6.63. The number of nitrogens with one attached hydrogen (secondary N) is 3. The van der Waals surface area contributed by atoms with Crippen molar-refractivity contribution in [3.8, 4) is 6.07 Å². The van der Waals surface area contributed by atoms with Gasteiger partial charge < -0.3 is 10.6 Å². The van der Waals surface area contributed by atoms with Crippen molar-refractivity contribution in [3.63, 3.8) is 0 Å². The van der Waals surface area contributed by atoms with Gasteiger partial charge in [-0.3, -0.25) is 4.98 Å². The average Bonchev–Trinajstić information content (AvgIpc) is 2.68. The van der Waals surface area contributed by atoms with Crippen LogP contribution in [0.15, 0.2) is 36.5 Å². The molecular formula is C19H16Cl2FN5O2S. The van der Waals surface area contributed by atoms with Crippen molar-refractivity contribution in [2.45, 2.75) is 0 Å². The van der Waals surface area contributed by atoms with Crippen molar-refractivity contribution in [1.29, 1.82) is 5.26 Å². The first-order valence-corrected chi connectivity index (χ1v) is 11.3. The lowest BCUT2D eigenvalue weighted by Crippen LogP contribution is -2.27. The molecule has 0 aliphatic carbocycles. The highest BCUT2D eigenvalue weighted by molar-refractivity contribution is 7.88. The van der Waals surface area contributed by atoms with E-state index in [1.54, 1.807) is 12.1 Å². The second-order valence-electron chi connectivity index (χ2n) is 6.36. The number of nitriles is 1. The summed E-state index contributed by atoms with van der Waals surface area (Å²) in [7, 11) is -3.29. The maximum Gasteiger partial charge on any atom is 0.208 e. The first kappa shape index (κ1) is 22.1. The van der Waals surface area contributed by atoms with Crippen LogP contribution in [-0.4, -0.2) is 32.7 Å². The predicted molar refractivity (Wildman–Crippen MR) is 117 cm³/mol. The van der Waals surface area contributed by atoms with E-state index in [1.165, 1.54) is 24.4 Å². The molecule has 0 aliphatic rings. The third-order valence-corrected chi connectivity index (χ3v) is 5.36. The Labute approximate surface area is 182 Å². The number of pyridine rings is 1. The van der Waals surface area contributed by atoms with E-state index >= 15 is 0 Å². The second-order valence-corrected chi connectivity index (χ2v) is 9.01. The van der Waals surface area contributed by atoms with Crippen LogP contribution in [-0.2, 0) is 10.0 Å². The summed E-state index contributed by atoms with van der Waals surface area (Å²) in [6.07, 6.45) is 2.47. The fourth-order valence-electron chi connectivity index (χ4n) is 2.74. The summed E-state index contributed by atoms with van der Waals surface area (Å²) < 4.78 is 38.2. The molecule has 0 radical (unpaired) electrons. The topological polar surface area (TPSA) is 107 Å². The summed E-state index contributed by atoms with van der Waals surface area (Å²) in [6.45, 7) is 0.501. The van der Waals surface area contributed by atoms with Crippen molar-refractivity contribution in [2.75, 3.05) is 30.0 Å². The average molecular weight is 468 g/mol. The number of hydrogen-bond acceptors (Lipinski definition) is 6. The van der Waals surface area contributed by atoms with Crippen LogP contribution in [0.25, 0.3) is 10.9 Å². The van der Waals surface area contributed by atoms with Crippen LogP contribution in [0.5, 0.6) is 0 Å². The quantitative estimate of drug-likeness (QED) is 0.448. The zero-order valence-corrected chi connectivity index (χ0v) is 18.0. The monoisotopic (exact) mass is 467 g/mol. The Hall–Kier alpha value is -2.64. The minimum absolute atomic E-state index is 0.0596. The Balaban J connectivity index is 1.98. The fraction of sp³-hybridized carbons (Fsp3) is 0.158. The Bertz CT molecular complexity index is 1260. The second kappa shape index (κ2) is 9.02. The van der Waals surface area contributed by atoms with Gasteiger partial charge in [0.2, 0.25) is 10.0 Å². The number of fused-ring (bicyclic) bond motifs is 1. The lowest BCUT2D eigenvalue weighted by molar-refractivity contribution is 0.589. The van der Waals surface area contributed by atoms with Gasteiger partial charge in [-0.25, -0.2) is 17.5 Å². The molecule has 0 amide bonds. The molecule has 3 rings (SSSR count). The van der Waals surface area contributed by atoms with Crippen LogP contribution < -0.4 is 15.4 Å². The molecule has 156 valence electrons. The van der Waals surface area contributed by atoms with Crippen molar-refractivity contribution in [3.05, 3.63) is 58.0 Å². The number of halogens is 3. The third kappa shape index (κ3) is 5.29. The van der Waals surface area contributed by atoms with Crippen LogP contribution in [0.3, 0.4) is 0 Å². The van der Waals surface area contributed by atoms with E-state index in [0.717, 1.165) is 6.26 Å². The third-order valence-electron chi connectivity index (χ3n) is 4.05. The van der Waals surface area contributed by atoms with E-state index in [1.807, 2.05) is 0 Å². The van der Waals surface area contributed by atoms with Gasteiger partial charge >= 0.3 is 0 Å². The summed E-state index contributed by atoms with van der Waals surface area (Å²) in [5.74, 6) is -0.556. The zero-order chi connectivity index (χ0) is 21.9. The molecule has 0 fully saturated rings. The predicted octanol–water partition coefficient (Wildman–Crippen LogP) is 4.26. The first-order valence-electron chi connectivity index (χ1n) is 8.61. The van der Waals surface area contributed by atoms with Crippen LogP contribution in [0.1, 0.15) is 5.56 Å². The van der Waals surface area contributed by atoms with E-state index in [0.29, 0.717) is 39.5 Å². The molecule has 0 saturated heterocycles. The van der Waals surface area contributed by atoms with Crippen LogP contribution >= 0.6 is 23.2 Å². The van der Waals surface area contributed by atoms with E-state index in [9.17, 15) is 18.1 Å². The van der Waals surface area contributed by atoms with Gasteiger partial charge in [0.05, 0.1) is 33.1 Å². The molecule has 0 bridgehead atoms. The number of rotatable bonds is 7. The summed E-state index contributed by atoms with van der Waals surface area (Å²) >= 11 is 12.2. The van der Waals surface area contributed by atoms with Crippen LogP contribution in [0.4, 0.5) is 21.5 Å². The highest BCUT2D eigenvalue weighted by Gasteiger charge is 2.14. The molecule has 0 unspecified atom stereocenters. The molecule has 2 aromatic carbocycles. The van der Waals surface area contributed by atoms with E-state index in [-0.39, 0.29) is 17.1 Å². The van der Waals surface area contributed by atoms with Gasteiger partial charge in [0.15, 0.2) is 0 Å². The number of aromatic nitrogens is 1. The molecule has 3 N–H and O–H groups in total. The first-order chi connectivity index (χ1) is 14.2. The van der Waals surface area contributed by atoms with E-state index < -0.39 is 15.8 Å². The Morgan fingerprint density at radius 1 is 1.13 bits per heavy atom. The maximum absolute atomic E-state index is 13.5. The van der Waals surface area contributed by atoms with Crippen molar-refractivity contribution < 1.29 is 12.8 Å². The molecule has 30 heavy (non-hydrogen) atoms. The molecule has 1 heterocycles. The SMILES string of the molecule is CS(=O)(=O)NCCNc1cc(Cl)c2ncc(C#N)c(Nc3ccc(F)c(Cl)c3)c2c1. The van der Waals surface area contributed by atoms with E-state index in [2.05, 4.69) is 26.4 Å². The Morgan fingerprint density at radius 3 is 2.53 bits per heavy atom. The maximum atomic E-state index is 13.5. The number of hydrogen-bond donors (Lipinski definition) is 3. The van der Waals surface area contributed by atoms with Gasteiger partial charge in [-0.05, 0) is 30.3 Å². The van der Waals surface area contributed by atoms with Crippen molar-refractivity contribution >= 4 is 61.2 Å². The van der Waals surface area contributed by atoms with Gasteiger partial charge in [-0.2, -0.15) is 5.26 Å². The molecule has 1 aromatic heterocycles. The minimum atomic E-state index is -3.29. The standard InChI is InChI=1S/C19H16Cl2FN5O2S/c1-30(28,29)26-5-4-24-13-6-14-18(27-12-2-3-17(22)15(20)7-12)11(9-23)10-25-19(14)16(21)8-13/h2-3,6-8,10,24,26H,4-5H2,1H3,(H,25,27). The van der Waals surface area contributed by atoms with Gasteiger partial charge in [0.1, 0.15) is 11.9 Å². The number of sulfonamides is 1. The smallest absolute Gasteiger partial charge is 0.208 e. The number of anilines is 3. The summed E-state index contributed by atoms with van der Waals surface area (Å²) in [5, 5.41) is 16.5. The molecule has 0 spiro atoms. The van der Waals surface area contributed by atoms with Gasteiger partial charge in [-0.15, -0.1) is 0 Å². The summed E-state index contributed by atoms with van der Waals surface area (Å²) in [5.41, 5.74) is 2.25. The molecule has 0 saturated carbocycles.